The molecule has 1 unspecified atom stereocenters. The summed E-state index contributed by atoms with van der Waals surface area (Å²) in [5.74, 6) is -2.31. The average molecular weight is 441 g/mol. The van der Waals surface area contributed by atoms with Crippen molar-refractivity contribution in [2.45, 2.75) is 52.7 Å². The number of amides is 2. The zero-order valence-electron chi connectivity index (χ0n) is 18.8. The largest absolute Gasteiger partial charge is 0.480 e. The molecule has 2 atom stereocenters. The Labute approximate surface area is 189 Å². The van der Waals surface area contributed by atoms with Crippen LogP contribution in [0.25, 0.3) is 0 Å². The van der Waals surface area contributed by atoms with Gasteiger partial charge in [0.1, 0.15) is 11.5 Å². The molecule has 2 aromatic rings. The van der Waals surface area contributed by atoms with Gasteiger partial charge in [-0.1, -0.05) is 74.5 Å². The maximum Gasteiger partial charge on any atom is 0.326 e. The predicted molar refractivity (Wildman–Crippen MR) is 121 cm³/mol. The van der Waals surface area contributed by atoms with Crippen molar-refractivity contribution < 1.29 is 24.3 Å². The molecule has 0 aliphatic carbocycles. The van der Waals surface area contributed by atoms with Crippen LogP contribution in [0.1, 0.15) is 44.7 Å². The van der Waals surface area contributed by atoms with Gasteiger partial charge in [0, 0.05) is 0 Å². The molecule has 32 heavy (non-hydrogen) atoms. The SMILES string of the molecule is CC(C)C[C@H](NC(=O)C(C)(CCc1ccccc1)C(=O)NOCc1ccccc1)C(=O)O. The highest BCUT2D eigenvalue weighted by atomic mass is 16.6. The summed E-state index contributed by atoms with van der Waals surface area (Å²) in [6.07, 6.45) is 0.929. The number of hydroxylamine groups is 1. The normalized spacial score (nSPS) is 13.8. The van der Waals surface area contributed by atoms with Gasteiger partial charge >= 0.3 is 5.97 Å². The molecule has 7 heteroatoms. The predicted octanol–water partition coefficient (Wildman–Crippen LogP) is 3.49. The topological polar surface area (TPSA) is 105 Å². The zero-order chi connectivity index (χ0) is 23.6. The van der Waals surface area contributed by atoms with Gasteiger partial charge < -0.3 is 10.4 Å². The Morgan fingerprint density at radius 2 is 1.50 bits per heavy atom. The van der Waals surface area contributed by atoms with Crippen LogP contribution in [0, 0.1) is 11.3 Å². The number of rotatable bonds is 12. The lowest BCUT2D eigenvalue weighted by Gasteiger charge is -2.29. The van der Waals surface area contributed by atoms with Gasteiger partial charge in [-0.15, -0.1) is 0 Å². The summed E-state index contributed by atoms with van der Waals surface area (Å²) >= 11 is 0. The lowest BCUT2D eigenvalue weighted by Crippen LogP contribution is -2.54. The van der Waals surface area contributed by atoms with E-state index in [4.69, 9.17) is 4.84 Å². The third-order valence-corrected chi connectivity index (χ3v) is 5.32. The van der Waals surface area contributed by atoms with Crippen molar-refractivity contribution in [2.75, 3.05) is 0 Å². The number of carboxylic acid groups (broad SMARTS) is 1. The Morgan fingerprint density at radius 3 is 2.03 bits per heavy atom. The smallest absolute Gasteiger partial charge is 0.326 e. The quantitative estimate of drug-likeness (QED) is 0.346. The number of aliphatic carboxylic acids is 1. The molecule has 0 aliphatic rings. The second kappa shape index (κ2) is 12.0. The summed E-state index contributed by atoms with van der Waals surface area (Å²) in [4.78, 5) is 43.2. The molecular formula is C25H32N2O5. The third-order valence-electron chi connectivity index (χ3n) is 5.32. The average Bonchev–Trinajstić information content (AvgIpc) is 2.77. The van der Waals surface area contributed by atoms with Crippen molar-refractivity contribution in [3.63, 3.8) is 0 Å². The molecule has 172 valence electrons. The van der Waals surface area contributed by atoms with Crippen LogP contribution in [-0.4, -0.2) is 28.9 Å². The maximum absolute atomic E-state index is 13.2. The third kappa shape index (κ3) is 7.50. The lowest BCUT2D eigenvalue weighted by atomic mass is 9.81. The fraction of sp³-hybridized carbons (Fsp3) is 0.400. The van der Waals surface area contributed by atoms with Gasteiger partial charge in [-0.3, -0.25) is 14.4 Å². The van der Waals surface area contributed by atoms with Gasteiger partial charge in [-0.25, -0.2) is 10.3 Å². The van der Waals surface area contributed by atoms with E-state index in [1.807, 2.05) is 74.5 Å². The number of nitrogens with one attached hydrogen (secondary N) is 2. The van der Waals surface area contributed by atoms with Crippen molar-refractivity contribution in [1.29, 1.82) is 0 Å². The highest BCUT2D eigenvalue weighted by molar-refractivity contribution is 6.05. The Kier molecular flexibility index (Phi) is 9.40. The summed E-state index contributed by atoms with van der Waals surface area (Å²) in [6, 6.07) is 17.7. The molecule has 0 spiro atoms. The number of benzene rings is 2. The Balaban J connectivity index is 2.13. The van der Waals surface area contributed by atoms with Gasteiger partial charge in [0.05, 0.1) is 6.61 Å². The molecule has 0 aliphatic heterocycles. The molecule has 0 radical (unpaired) electrons. The van der Waals surface area contributed by atoms with E-state index in [0.717, 1.165) is 11.1 Å². The van der Waals surface area contributed by atoms with E-state index < -0.39 is 29.2 Å². The minimum atomic E-state index is -1.52. The van der Waals surface area contributed by atoms with Gasteiger partial charge in [0.25, 0.3) is 5.91 Å². The number of hydrogen-bond donors (Lipinski definition) is 3. The number of aryl methyl sites for hydroxylation is 1. The monoisotopic (exact) mass is 440 g/mol. The molecule has 2 aromatic carbocycles. The van der Waals surface area contributed by atoms with Crippen molar-refractivity contribution in [1.82, 2.24) is 10.8 Å². The van der Waals surface area contributed by atoms with E-state index in [1.54, 1.807) is 0 Å². The maximum atomic E-state index is 13.2. The van der Waals surface area contributed by atoms with Crippen LogP contribution in [0.2, 0.25) is 0 Å². The molecule has 2 rings (SSSR count). The lowest BCUT2D eigenvalue weighted by molar-refractivity contribution is -0.154. The molecule has 7 nitrogen and oxygen atoms in total. The first-order chi connectivity index (χ1) is 15.2. The molecule has 3 N–H and O–H groups in total. The standard InChI is InChI=1S/C25H32N2O5/c1-18(2)16-21(22(28)29)26-23(30)25(3,15-14-19-10-6-4-7-11-19)24(31)27-32-17-20-12-8-5-9-13-20/h4-13,18,21H,14-17H2,1-3H3,(H,26,30)(H,27,31)(H,28,29)/t21-,25?/m0/s1. The highest BCUT2D eigenvalue weighted by Crippen LogP contribution is 2.26. The van der Waals surface area contributed by atoms with E-state index in [2.05, 4.69) is 10.8 Å². The van der Waals surface area contributed by atoms with Crippen molar-refractivity contribution in [2.24, 2.45) is 11.3 Å². The summed E-state index contributed by atoms with van der Waals surface area (Å²) in [5.41, 5.74) is 2.71. The van der Waals surface area contributed by atoms with E-state index in [1.165, 1.54) is 6.92 Å². The first-order valence-corrected chi connectivity index (χ1v) is 10.8. The van der Waals surface area contributed by atoms with Gasteiger partial charge in [-0.2, -0.15) is 0 Å². The fourth-order valence-electron chi connectivity index (χ4n) is 3.25. The van der Waals surface area contributed by atoms with Crippen molar-refractivity contribution in [3.8, 4) is 0 Å². The molecule has 0 heterocycles. The first kappa shape index (κ1) is 25.1. The zero-order valence-corrected chi connectivity index (χ0v) is 18.8. The van der Waals surface area contributed by atoms with Crippen LogP contribution in [-0.2, 0) is 32.2 Å². The summed E-state index contributed by atoms with van der Waals surface area (Å²) in [7, 11) is 0. The number of carboxylic acids is 1. The Bertz CT molecular complexity index is 886. The van der Waals surface area contributed by atoms with Crippen LogP contribution in [0.15, 0.2) is 60.7 Å². The first-order valence-electron chi connectivity index (χ1n) is 10.8. The van der Waals surface area contributed by atoms with Gasteiger partial charge in [0.2, 0.25) is 5.91 Å². The Hall–Kier alpha value is -3.19. The summed E-state index contributed by atoms with van der Waals surface area (Å²) in [6.45, 7) is 5.41. The van der Waals surface area contributed by atoms with Crippen LogP contribution >= 0.6 is 0 Å². The van der Waals surface area contributed by atoms with Crippen LogP contribution in [0.3, 0.4) is 0 Å². The molecule has 2 amide bonds. The fourth-order valence-corrected chi connectivity index (χ4v) is 3.25. The van der Waals surface area contributed by atoms with Crippen molar-refractivity contribution in [3.05, 3.63) is 71.8 Å². The molecule has 0 fully saturated rings. The minimum Gasteiger partial charge on any atom is -0.480 e. The second-order valence-corrected chi connectivity index (χ2v) is 8.52. The van der Waals surface area contributed by atoms with Crippen LogP contribution < -0.4 is 10.8 Å². The van der Waals surface area contributed by atoms with E-state index in [-0.39, 0.29) is 25.4 Å². The van der Waals surface area contributed by atoms with Crippen molar-refractivity contribution >= 4 is 17.8 Å². The van der Waals surface area contributed by atoms with E-state index >= 15 is 0 Å². The van der Waals surface area contributed by atoms with Gasteiger partial charge in [-0.05, 0) is 43.2 Å². The molecule has 0 saturated heterocycles. The highest BCUT2D eigenvalue weighted by Gasteiger charge is 2.42. The second-order valence-electron chi connectivity index (χ2n) is 8.52. The minimum absolute atomic E-state index is 0.0648. The molecule has 0 aromatic heterocycles. The van der Waals surface area contributed by atoms with Gasteiger partial charge in [0.15, 0.2) is 0 Å². The molecular weight excluding hydrogens is 408 g/mol. The van der Waals surface area contributed by atoms with Crippen LogP contribution in [0.4, 0.5) is 0 Å². The van der Waals surface area contributed by atoms with E-state index in [0.29, 0.717) is 6.42 Å². The number of carbonyl (C=O) groups excluding carboxylic acids is 2. The summed E-state index contributed by atoms with van der Waals surface area (Å²) < 4.78 is 0. The molecule has 0 saturated carbocycles. The van der Waals surface area contributed by atoms with Crippen LogP contribution in [0.5, 0.6) is 0 Å². The Morgan fingerprint density at radius 1 is 0.938 bits per heavy atom. The number of hydrogen-bond acceptors (Lipinski definition) is 4. The summed E-state index contributed by atoms with van der Waals surface area (Å²) in [5, 5.41) is 12.1. The number of carbonyl (C=O) groups is 3. The molecule has 0 bridgehead atoms. The van der Waals surface area contributed by atoms with E-state index in [9.17, 15) is 19.5 Å².